The minimum Gasteiger partial charge on any atom is -0.295 e. The van der Waals surface area contributed by atoms with Crippen LogP contribution in [0.15, 0.2) is 0 Å². The van der Waals surface area contributed by atoms with Gasteiger partial charge in [0.05, 0.1) is 0 Å². The van der Waals surface area contributed by atoms with Gasteiger partial charge in [0.2, 0.25) is 0 Å². The second kappa shape index (κ2) is 5.48. The molecule has 0 aromatic carbocycles. The lowest BCUT2D eigenvalue weighted by Crippen LogP contribution is -1.97. The van der Waals surface area contributed by atoms with Gasteiger partial charge >= 0.3 is 0 Å². The number of unbranched alkanes of at least 4 members (excludes halogenated alkanes) is 2. The maximum Gasteiger partial charge on any atom is 0.195 e. The largest absolute Gasteiger partial charge is 0.295 e. The Morgan fingerprint density at radius 3 is 2.56 bits per heavy atom. The number of ketones is 1. The smallest absolute Gasteiger partial charge is 0.195 e. The fraction of sp³-hybridized carbons (Fsp3) is 0.714. The summed E-state index contributed by atoms with van der Waals surface area (Å²) in [5.41, 5.74) is 0. The van der Waals surface area contributed by atoms with E-state index in [1.54, 1.807) is 0 Å². The molecule has 0 saturated carbocycles. The fourth-order valence-electron chi connectivity index (χ4n) is 0.608. The highest BCUT2D eigenvalue weighted by Crippen LogP contribution is 1.97. The predicted molar refractivity (Wildman–Crippen MR) is 35.2 cm³/mol. The Morgan fingerprint density at radius 2 is 2.11 bits per heavy atom. The average Bonchev–Trinajstić information content (AvgIpc) is 1.89. The quantitative estimate of drug-likeness (QED) is 0.318. The highest BCUT2D eigenvalue weighted by molar-refractivity contribution is 6.24. The molecule has 52 valence electrons. The van der Waals surface area contributed by atoms with Gasteiger partial charge in [0, 0.05) is 6.42 Å². The lowest BCUT2D eigenvalue weighted by Gasteiger charge is -1.90. The van der Waals surface area contributed by atoms with Crippen molar-refractivity contribution in [2.24, 2.45) is 0 Å². The third kappa shape index (κ3) is 5.21. The zero-order valence-corrected chi connectivity index (χ0v) is 5.72. The molecule has 0 amide bonds. The summed E-state index contributed by atoms with van der Waals surface area (Å²) in [6.07, 6.45) is 3.81. The van der Waals surface area contributed by atoms with Gasteiger partial charge in [0.15, 0.2) is 12.1 Å². The van der Waals surface area contributed by atoms with Crippen LogP contribution in [-0.4, -0.2) is 12.1 Å². The zero-order valence-electron chi connectivity index (χ0n) is 5.72. The Kier molecular flexibility index (Phi) is 5.07. The van der Waals surface area contributed by atoms with E-state index in [0.717, 1.165) is 19.3 Å². The van der Waals surface area contributed by atoms with Crippen molar-refractivity contribution in [2.45, 2.75) is 32.6 Å². The summed E-state index contributed by atoms with van der Waals surface area (Å²) in [4.78, 5) is 20.1. The summed E-state index contributed by atoms with van der Waals surface area (Å²) in [5, 5.41) is 0. The number of carbonyl (C=O) groups excluding carboxylic acids is 2. The molecule has 0 aliphatic carbocycles. The highest BCUT2D eigenvalue weighted by atomic mass is 16.2. The number of hydrogen-bond acceptors (Lipinski definition) is 2. The van der Waals surface area contributed by atoms with Gasteiger partial charge < -0.3 is 0 Å². The summed E-state index contributed by atoms with van der Waals surface area (Å²) in [6.45, 7) is 2.06. The van der Waals surface area contributed by atoms with Gasteiger partial charge in [0.1, 0.15) is 0 Å². The van der Waals surface area contributed by atoms with E-state index in [1.165, 1.54) is 0 Å². The molecule has 0 unspecified atom stereocenters. The molecule has 0 rings (SSSR count). The van der Waals surface area contributed by atoms with Crippen molar-refractivity contribution in [1.82, 2.24) is 0 Å². The predicted octanol–water partition coefficient (Wildman–Crippen LogP) is 1.33. The molecule has 0 saturated heterocycles. The molecule has 0 N–H and O–H groups in total. The molecular weight excluding hydrogens is 116 g/mol. The summed E-state index contributed by atoms with van der Waals surface area (Å²) < 4.78 is 0. The van der Waals surface area contributed by atoms with Crippen molar-refractivity contribution in [3.63, 3.8) is 0 Å². The molecule has 0 atom stereocenters. The van der Waals surface area contributed by atoms with Crippen molar-refractivity contribution >= 4 is 12.1 Å². The second-order valence-corrected chi connectivity index (χ2v) is 2.04. The minimum absolute atomic E-state index is 0.275. The van der Waals surface area contributed by atoms with Crippen LogP contribution in [0.25, 0.3) is 0 Å². The SMILES string of the molecule is CCCCCC(=O)C=O. The third-order valence-corrected chi connectivity index (χ3v) is 1.16. The van der Waals surface area contributed by atoms with Gasteiger partial charge in [-0.25, -0.2) is 0 Å². The van der Waals surface area contributed by atoms with E-state index in [9.17, 15) is 9.59 Å². The van der Waals surface area contributed by atoms with Crippen molar-refractivity contribution in [3.05, 3.63) is 0 Å². The molecule has 0 aromatic heterocycles. The first-order valence-electron chi connectivity index (χ1n) is 3.29. The van der Waals surface area contributed by atoms with Gasteiger partial charge in [-0.2, -0.15) is 0 Å². The Morgan fingerprint density at radius 1 is 1.44 bits per heavy atom. The molecule has 0 fully saturated rings. The van der Waals surface area contributed by atoms with E-state index in [0.29, 0.717) is 12.7 Å². The third-order valence-electron chi connectivity index (χ3n) is 1.16. The van der Waals surface area contributed by atoms with Crippen molar-refractivity contribution in [1.29, 1.82) is 0 Å². The van der Waals surface area contributed by atoms with Gasteiger partial charge in [0.25, 0.3) is 0 Å². The molecule has 0 aromatic rings. The van der Waals surface area contributed by atoms with Gasteiger partial charge in [-0.15, -0.1) is 0 Å². The maximum atomic E-state index is 10.3. The van der Waals surface area contributed by atoms with Crippen molar-refractivity contribution < 1.29 is 9.59 Å². The highest BCUT2D eigenvalue weighted by Gasteiger charge is 1.95. The van der Waals surface area contributed by atoms with Crippen LogP contribution in [0.3, 0.4) is 0 Å². The summed E-state index contributed by atoms with van der Waals surface area (Å²) in [6, 6.07) is 0. The number of aldehydes is 1. The Balaban J connectivity index is 3.07. The summed E-state index contributed by atoms with van der Waals surface area (Å²) in [7, 11) is 0. The van der Waals surface area contributed by atoms with E-state index in [4.69, 9.17) is 0 Å². The standard InChI is InChI=1S/C7H12O2/c1-2-3-4-5-7(9)6-8/h6H,2-5H2,1H3. The van der Waals surface area contributed by atoms with Crippen molar-refractivity contribution in [3.8, 4) is 0 Å². The van der Waals surface area contributed by atoms with E-state index >= 15 is 0 Å². The molecule has 0 aliphatic heterocycles. The maximum absolute atomic E-state index is 10.3. The van der Waals surface area contributed by atoms with Crippen LogP contribution in [0.2, 0.25) is 0 Å². The second-order valence-electron chi connectivity index (χ2n) is 2.04. The summed E-state index contributed by atoms with van der Waals surface area (Å²) >= 11 is 0. The minimum atomic E-state index is -0.275. The molecule has 0 aliphatic rings. The van der Waals surface area contributed by atoms with Crippen LogP contribution in [0.5, 0.6) is 0 Å². The number of carbonyl (C=O) groups is 2. The van der Waals surface area contributed by atoms with E-state index in [-0.39, 0.29) is 5.78 Å². The molecule has 0 bridgehead atoms. The lowest BCUT2D eigenvalue weighted by molar-refractivity contribution is -0.129. The van der Waals surface area contributed by atoms with E-state index in [2.05, 4.69) is 6.92 Å². The molecule has 0 spiro atoms. The number of hydrogen-bond donors (Lipinski definition) is 0. The zero-order chi connectivity index (χ0) is 7.11. The van der Waals surface area contributed by atoms with E-state index in [1.807, 2.05) is 0 Å². The van der Waals surface area contributed by atoms with Gasteiger partial charge in [-0.3, -0.25) is 9.59 Å². The molecule has 0 heterocycles. The number of rotatable bonds is 5. The van der Waals surface area contributed by atoms with Crippen LogP contribution in [0.4, 0.5) is 0 Å². The first-order chi connectivity index (χ1) is 4.31. The van der Waals surface area contributed by atoms with E-state index < -0.39 is 0 Å². The van der Waals surface area contributed by atoms with Crippen LogP contribution >= 0.6 is 0 Å². The average molecular weight is 128 g/mol. The Labute approximate surface area is 55.3 Å². The first kappa shape index (κ1) is 8.34. The Hall–Kier alpha value is -0.660. The van der Waals surface area contributed by atoms with Crippen LogP contribution in [0.1, 0.15) is 32.6 Å². The monoisotopic (exact) mass is 128 g/mol. The fourth-order valence-corrected chi connectivity index (χ4v) is 0.608. The van der Waals surface area contributed by atoms with Crippen molar-refractivity contribution in [2.75, 3.05) is 0 Å². The molecule has 0 radical (unpaired) electrons. The van der Waals surface area contributed by atoms with Gasteiger partial charge in [-0.05, 0) is 6.42 Å². The summed E-state index contributed by atoms with van der Waals surface area (Å²) in [5.74, 6) is -0.275. The van der Waals surface area contributed by atoms with Crippen LogP contribution in [0, 0.1) is 0 Å². The van der Waals surface area contributed by atoms with Crippen LogP contribution < -0.4 is 0 Å². The number of Topliss-reactive ketones (excluding diaryl/α,β-unsaturated/α-hetero) is 1. The van der Waals surface area contributed by atoms with Crippen LogP contribution in [-0.2, 0) is 9.59 Å². The molecule has 2 nitrogen and oxygen atoms in total. The molecular formula is C7H12O2. The van der Waals surface area contributed by atoms with Gasteiger partial charge in [-0.1, -0.05) is 19.8 Å². The Bertz CT molecular complexity index is 97.1. The lowest BCUT2D eigenvalue weighted by atomic mass is 10.1. The molecule has 9 heavy (non-hydrogen) atoms. The topological polar surface area (TPSA) is 34.1 Å². The molecule has 2 heteroatoms. The first-order valence-corrected chi connectivity index (χ1v) is 3.29. The normalized spacial score (nSPS) is 9.00.